The van der Waals surface area contributed by atoms with Crippen LogP contribution in [0, 0.1) is 11.6 Å². The first-order valence-electron chi connectivity index (χ1n) is 3.92. The van der Waals surface area contributed by atoms with Gasteiger partial charge in [0.1, 0.15) is 17.8 Å². The molecule has 0 amide bonds. The van der Waals surface area contributed by atoms with Crippen molar-refractivity contribution in [3.8, 4) is 0 Å². The van der Waals surface area contributed by atoms with E-state index in [9.17, 15) is 13.2 Å². The zero-order chi connectivity index (χ0) is 9.84. The topological polar surface area (TPSA) is 26.0 Å². The summed E-state index contributed by atoms with van der Waals surface area (Å²) in [6.07, 6.45) is -1.71. The van der Waals surface area contributed by atoms with Crippen molar-refractivity contribution >= 4 is 0 Å². The molecule has 72 valence electrons. The third-order valence-electron chi connectivity index (χ3n) is 1.74. The van der Waals surface area contributed by atoms with Gasteiger partial charge in [0.2, 0.25) is 0 Å². The molecule has 1 aromatic carbocycles. The quantitative estimate of drug-likeness (QED) is 0.770. The first kappa shape index (κ1) is 10.1. The lowest BCUT2D eigenvalue weighted by Crippen LogP contribution is -2.18. The van der Waals surface area contributed by atoms with E-state index in [1.54, 1.807) is 0 Å². The molecule has 1 rings (SSSR count). The zero-order valence-corrected chi connectivity index (χ0v) is 6.93. The molecule has 1 unspecified atom stereocenters. The summed E-state index contributed by atoms with van der Waals surface area (Å²) in [4.78, 5) is 0. The van der Waals surface area contributed by atoms with Crippen LogP contribution in [-0.2, 0) is 6.42 Å². The zero-order valence-electron chi connectivity index (χ0n) is 6.93. The molecule has 0 saturated heterocycles. The molecule has 1 aromatic rings. The second-order valence-corrected chi connectivity index (χ2v) is 2.74. The number of halogens is 3. The van der Waals surface area contributed by atoms with Crippen LogP contribution in [0.4, 0.5) is 13.2 Å². The van der Waals surface area contributed by atoms with E-state index in [0.717, 1.165) is 12.1 Å². The molecule has 2 N–H and O–H groups in total. The van der Waals surface area contributed by atoms with E-state index in [0.29, 0.717) is 0 Å². The van der Waals surface area contributed by atoms with Crippen molar-refractivity contribution in [1.82, 2.24) is 0 Å². The highest BCUT2D eigenvalue weighted by atomic mass is 19.1. The maximum atomic E-state index is 12.9. The highest BCUT2D eigenvalue weighted by Gasteiger charge is 2.13. The number of hydrogen-bond acceptors (Lipinski definition) is 1. The van der Waals surface area contributed by atoms with Gasteiger partial charge in [-0.05, 0) is 12.1 Å². The molecule has 4 heteroatoms. The summed E-state index contributed by atoms with van der Waals surface area (Å²) < 4.78 is 38.5. The third kappa shape index (κ3) is 2.45. The Morgan fingerprint density at radius 1 is 1.23 bits per heavy atom. The van der Waals surface area contributed by atoms with E-state index in [2.05, 4.69) is 0 Å². The minimum absolute atomic E-state index is 0.228. The number of alkyl halides is 1. The number of rotatable bonds is 3. The fraction of sp³-hybridized carbons (Fsp3) is 0.333. The average Bonchev–Trinajstić information content (AvgIpc) is 2.11. The standard InChI is InChI=1S/C9H10F3N/c10-6(5-13)4-7-8(11)2-1-3-9(7)12/h1-3,6H,4-5,13H2. The van der Waals surface area contributed by atoms with Gasteiger partial charge in [-0.1, -0.05) is 6.07 Å². The molecular formula is C9H10F3N. The summed E-state index contributed by atoms with van der Waals surface area (Å²) in [7, 11) is 0. The van der Waals surface area contributed by atoms with Gasteiger partial charge in [0, 0.05) is 18.5 Å². The fourth-order valence-electron chi connectivity index (χ4n) is 1.03. The molecule has 0 aliphatic carbocycles. The Kier molecular flexibility index (Phi) is 3.31. The summed E-state index contributed by atoms with van der Waals surface area (Å²) in [6, 6.07) is 3.44. The van der Waals surface area contributed by atoms with Crippen LogP contribution >= 0.6 is 0 Å². The fourth-order valence-corrected chi connectivity index (χ4v) is 1.03. The van der Waals surface area contributed by atoms with E-state index in [1.165, 1.54) is 6.07 Å². The van der Waals surface area contributed by atoms with Crippen LogP contribution in [0.5, 0.6) is 0 Å². The molecule has 0 heterocycles. The van der Waals surface area contributed by atoms with Crippen LogP contribution in [0.15, 0.2) is 18.2 Å². The Morgan fingerprint density at radius 2 is 1.77 bits per heavy atom. The van der Waals surface area contributed by atoms with Crippen molar-refractivity contribution in [3.63, 3.8) is 0 Å². The van der Waals surface area contributed by atoms with Gasteiger partial charge in [0.15, 0.2) is 0 Å². The molecule has 0 spiro atoms. The van der Waals surface area contributed by atoms with Crippen LogP contribution in [0.3, 0.4) is 0 Å². The van der Waals surface area contributed by atoms with E-state index >= 15 is 0 Å². The summed E-state index contributed by atoms with van der Waals surface area (Å²) in [5, 5.41) is 0. The van der Waals surface area contributed by atoms with Crippen LogP contribution in [0.1, 0.15) is 5.56 Å². The van der Waals surface area contributed by atoms with E-state index in [1.807, 2.05) is 0 Å². The molecule has 0 fully saturated rings. The lowest BCUT2D eigenvalue weighted by Gasteiger charge is -2.06. The maximum Gasteiger partial charge on any atom is 0.129 e. The SMILES string of the molecule is NCC(F)Cc1c(F)cccc1F. The van der Waals surface area contributed by atoms with Crippen LogP contribution in [0.2, 0.25) is 0 Å². The highest BCUT2D eigenvalue weighted by Crippen LogP contribution is 2.14. The Labute approximate surface area is 74.4 Å². The molecule has 0 aliphatic heterocycles. The summed E-state index contributed by atoms with van der Waals surface area (Å²) >= 11 is 0. The largest absolute Gasteiger partial charge is 0.328 e. The number of nitrogens with two attached hydrogens (primary N) is 1. The molecule has 0 saturated carbocycles. The normalized spacial score (nSPS) is 12.9. The minimum Gasteiger partial charge on any atom is -0.328 e. The maximum absolute atomic E-state index is 12.9. The smallest absolute Gasteiger partial charge is 0.129 e. The lowest BCUT2D eigenvalue weighted by molar-refractivity contribution is 0.332. The lowest BCUT2D eigenvalue weighted by atomic mass is 10.1. The molecule has 1 nitrogen and oxygen atoms in total. The second kappa shape index (κ2) is 4.28. The monoisotopic (exact) mass is 189 g/mol. The summed E-state index contributed by atoms with van der Waals surface area (Å²) in [6.45, 7) is -0.228. The van der Waals surface area contributed by atoms with Crippen LogP contribution in [0.25, 0.3) is 0 Å². The van der Waals surface area contributed by atoms with E-state index in [-0.39, 0.29) is 18.5 Å². The van der Waals surface area contributed by atoms with Gasteiger partial charge in [0.25, 0.3) is 0 Å². The summed E-state index contributed by atoms with van der Waals surface area (Å²) in [5.74, 6) is -1.45. The van der Waals surface area contributed by atoms with Crippen molar-refractivity contribution in [2.75, 3.05) is 6.54 Å². The number of hydrogen-bond donors (Lipinski definition) is 1. The van der Waals surface area contributed by atoms with Crippen molar-refractivity contribution in [2.45, 2.75) is 12.6 Å². The second-order valence-electron chi connectivity index (χ2n) is 2.74. The van der Waals surface area contributed by atoms with Gasteiger partial charge in [-0.3, -0.25) is 0 Å². The number of benzene rings is 1. The van der Waals surface area contributed by atoms with Gasteiger partial charge in [-0.15, -0.1) is 0 Å². The van der Waals surface area contributed by atoms with E-state index < -0.39 is 17.8 Å². The van der Waals surface area contributed by atoms with Gasteiger partial charge < -0.3 is 5.73 Å². The van der Waals surface area contributed by atoms with Crippen molar-refractivity contribution < 1.29 is 13.2 Å². The predicted molar refractivity (Wildman–Crippen MR) is 44.0 cm³/mol. The third-order valence-corrected chi connectivity index (χ3v) is 1.74. The Hall–Kier alpha value is -1.03. The van der Waals surface area contributed by atoms with Gasteiger partial charge in [-0.2, -0.15) is 0 Å². The predicted octanol–water partition coefficient (Wildman–Crippen LogP) is 1.80. The average molecular weight is 189 g/mol. The van der Waals surface area contributed by atoms with Crippen molar-refractivity contribution in [2.24, 2.45) is 5.73 Å². The molecule has 0 aromatic heterocycles. The molecule has 0 radical (unpaired) electrons. The minimum atomic E-state index is -1.40. The van der Waals surface area contributed by atoms with E-state index in [4.69, 9.17) is 5.73 Å². The first-order chi connectivity index (χ1) is 6.15. The van der Waals surface area contributed by atoms with Gasteiger partial charge in [0.05, 0.1) is 0 Å². The highest BCUT2D eigenvalue weighted by molar-refractivity contribution is 5.20. The first-order valence-corrected chi connectivity index (χ1v) is 3.92. The molecule has 1 atom stereocenters. The van der Waals surface area contributed by atoms with Crippen molar-refractivity contribution in [1.29, 1.82) is 0 Å². The van der Waals surface area contributed by atoms with Crippen molar-refractivity contribution in [3.05, 3.63) is 35.4 Å². The Bertz CT molecular complexity index is 268. The molecule has 13 heavy (non-hydrogen) atoms. The van der Waals surface area contributed by atoms with Gasteiger partial charge in [-0.25, -0.2) is 13.2 Å². The van der Waals surface area contributed by atoms with Crippen LogP contribution < -0.4 is 5.73 Å². The molecule has 0 bridgehead atoms. The summed E-state index contributed by atoms with van der Waals surface area (Å²) in [5.41, 5.74) is 4.76. The van der Waals surface area contributed by atoms with Crippen LogP contribution in [-0.4, -0.2) is 12.7 Å². The Balaban J connectivity index is 2.87. The molecule has 0 aliphatic rings. The molecular weight excluding hydrogens is 179 g/mol. The van der Waals surface area contributed by atoms with Gasteiger partial charge >= 0.3 is 0 Å². The Morgan fingerprint density at radius 3 is 2.23 bits per heavy atom.